The Bertz CT molecular complexity index is 445. The SMILES string of the molecule is O=S(=O)(O)O[C@H](CO)[C@H](O)[C@@H](O)C[Se+]1C[C@@H](O)[C@H](O)[C@H]1CO. The van der Waals surface area contributed by atoms with Crippen LogP contribution < -0.4 is 0 Å². The van der Waals surface area contributed by atoms with Crippen LogP contribution in [0.4, 0.5) is 0 Å². The summed E-state index contributed by atoms with van der Waals surface area (Å²) in [6, 6.07) is 0. The first-order valence-corrected chi connectivity index (χ1v) is 11.1. The first-order valence-electron chi connectivity index (χ1n) is 6.36. The van der Waals surface area contributed by atoms with Gasteiger partial charge >= 0.3 is 131 Å². The maximum atomic E-state index is 10.6. The second-order valence-corrected chi connectivity index (χ2v) is 10.9. The molecule has 1 aliphatic heterocycles. The van der Waals surface area contributed by atoms with Gasteiger partial charge in [-0.2, -0.15) is 0 Å². The molecule has 0 aromatic heterocycles. The Morgan fingerprint density at radius 1 is 1.23 bits per heavy atom. The molecule has 0 bridgehead atoms. The van der Waals surface area contributed by atoms with Gasteiger partial charge in [-0.1, -0.05) is 0 Å². The molecule has 1 unspecified atom stereocenters. The summed E-state index contributed by atoms with van der Waals surface area (Å²) < 4.78 is 33.8. The van der Waals surface area contributed by atoms with E-state index in [4.69, 9.17) is 9.66 Å². The van der Waals surface area contributed by atoms with Crippen LogP contribution in [0.25, 0.3) is 0 Å². The van der Waals surface area contributed by atoms with Gasteiger partial charge in [0.25, 0.3) is 0 Å². The van der Waals surface area contributed by atoms with Crippen molar-refractivity contribution in [2.75, 3.05) is 13.2 Å². The minimum atomic E-state index is -4.92. The topological polar surface area (TPSA) is 185 Å². The molecule has 0 saturated carbocycles. The molecule has 10 nitrogen and oxygen atoms in total. The fraction of sp³-hybridized carbons (Fsp3) is 1.00. The van der Waals surface area contributed by atoms with E-state index in [1.807, 2.05) is 0 Å². The van der Waals surface area contributed by atoms with Crippen molar-refractivity contribution < 1.29 is 47.8 Å². The van der Waals surface area contributed by atoms with Crippen LogP contribution in [0.15, 0.2) is 0 Å². The third-order valence-electron chi connectivity index (χ3n) is 3.35. The number of hydrogen-bond donors (Lipinski definition) is 7. The predicted molar refractivity (Wildman–Crippen MR) is 73.7 cm³/mol. The average Bonchev–Trinajstić information content (AvgIpc) is 2.68. The normalized spacial score (nSPS) is 33.6. The van der Waals surface area contributed by atoms with Crippen molar-refractivity contribution in [3.63, 3.8) is 0 Å². The Morgan fingerprint density at radius 2 is 1.82 bits per heavy atom. The molecule has 7 N–H and O–H groups in total. The number of hydrogen-bond acceptors (Lipinski definition) is 9. The molecule has 22 heavy (non-hydrogen) atoms. The predicted octanol–water partition coefficient (Wildman–Crippen LogP) is -3.52. The summed E-state index contributed by atoms with van der Waals surface area (Å²) in [5.41, 5.74) is 0. The first kappa shape index (κ1) is 20.2. The Labute approximate surface area is 131 Å². The van der Waals surface area contributed by atoms with Gasteiger partial charge in [-0.3, -0.25) is 0 Å². The number of rotatable bonds is 8. The van der Waals surface area contributed by atoms with Gasteiger partial charge in [0.1, 0.15) is 0 Å². The third kappa shape index (κ3) is 5.35. The van der Waals surface area contributed by atoms with Crippen molar-refractivity contribution in [1.29, 1.82) is 0 Å². The van der Waals surface area contributed by atoms with E-state index in [9.17, 15) is 34.0 Å². The summed E-state index contributed by atoms with van der Waals surface area (Å²) in [6.45, 7) is -1.34. The van der Waals surface area contributed by atoms with Gasteiger partial charge in [0, 0.05) is 0 Å². The van der Waals surface area contributed by atoms with Crippen molar-refractivity contribution in [3.05, 3.63) is 0 Å². The Hall–Kier alpha value is 0.149. The molecule has 0 radical (unpaired) electrons. The molecule has 0 aliphatic carbocycles. The Balaban J connectivity index is 2.68. The molecule has 0 aromatic rings. The van der Waals surface area contributed by atoms with E-state index < -0.39 is 66.2 Å². The fourth-order valence-electron chi connectivity index (χ4n) is 2.21. The van der Waals surface area contributed by atoms with Crippen LogP contribution in [0.1, 0.15) is 0 Å². The standard InChI is InChI=1S/C10H20O10SSe/c11-1-7(20-21(17,18)19)9(15)5(13)3-22-4-6(14)10(16)8(22)2-12/h5-16H,1-4H2/p+1/t5-,6+,7+,8+,9+,10-,22?/m0/s1. The van der Waals surface area contributed by atoms with E-state index in [1.54, 1.807) is 0 Å². The molecule has 1 rings (SSSR count). The van der Waals surface area contributed by atoms with E-state index in [0.717, 1.165) is 0 Å². The second-order valence-electron chi connectivity index (χ2n) is 4.95. The van der Waals surface area contributed by atoms with Gasteiger partial charge in [-0.25, -0.2) is 0 Å². The summed E-state index contributed by atoms with van der Waals surface area (Å²) in [6.07, 6.45) is -7.18. The van der Waals surface area contributed by atoms with Crippen LogP contribution in [0.3, 0.4) is 0 Å². The molecule has 1 fully saturated rings. The monoisotopic (exact) mass is 413 g/mol. The van der Waals surface area contributed by atoms with Gasteiger partial charge in [0.2, 0.25) is 0 Å². The van der Waals surface area contributed by atoms with Gasteiger partial charge in [0.05, 0.1) is 0 Å². The molecule has 0 spiro atoms. The summed E-state index contributed by atoms with van der Waals surface area (Å²) in [5.74, 6) is 0. The van der Waals surface area contributed by atoms with E-state index in [-0.39, 0.29) is 17.2 Å². The van der Waals surface area contributed by atoms with Crippen LogP contribution >= 0.6 is 0 Å². The van der Waals surface area contributed by atoms with E-state index in [1.165, 1.54) is 0 Å². The van der Waals surface area contributed by atoms with Crippen molar-refractivity contribution in [1.82, 2.24) is 0 Å². The van der Waals surface area contributed by atoms with Crippen LogP contribution in [-0.4, -0.2) is 101 Å². The molecule has 132 valence electrons. The van der Waals surface area contributed by atoms with Gasteiger partial charge in [-0.05, 0) is 0 Å². The molecular weight excluding hydrogens is 391 g/mol. The fourth-order valence-corrected chi connectivity index (χ4v) is 8.34. The summed E-state index contributed by atoms with van der Waals surface area (Å²) in [7, 11) is -4.92. The molecular formula is C10H21O10SSe+. The molecule has 1 saturated heterocycles. The molecule has 1 heterocycles. The van der Waals surface area contributed by atoms with Crippen molar-refractivity contribution >= 4 is 24.3 Å². The van der Waals surface area contributed by atoms with E-state index in [2.05, 4.69) is 4.18 Å². The van der Waals surface area contributed by atoms with E-state index in [0.29, 0.717) is 0 Å². The van der Waals surface area contributed by atoms with Crippen LogP contribution in [-0.2, 0) is 14.6 Å². The first-order chi connectivity index (χ1) is 10.1. The number of aliphatic hydroxyl groups is 6. The number of aliphatic hydroxyl groups excluding tert-OH is 6. The van der Waals surface area contributed by atoms with Gasteiger partial charge in [-0.15, -0.1) is 0 Å². The Kier molecular flexibility index (Phi) is 7.63. The molecule has 1 aliphatic rings. The van der Waals surface area contributed by atoms with Crippen molar-refractivity contribution in [3.8, 4) is 0 Å². The zero-order valence-corrected chi connectivity index (χ0v) is 14.0. The van der Waals surface area contributed by atoms with E-state index >= 15 is 0 Å². The summed E-state index contributed by atoms with van der Waals surface area (Å²) in [4.78, 5) is -0.577. The average molecular weight is 412 g/mol. The Morgan fingerprint density at radius 3 is 2.27 bits per heavy atom. The minimum absolute atomic E-state index is 0.0498. The van der Waals surface area contributed by atoms with Crippen LogP contribution in [0.2, 0.25) is 15.5 Å². The summed E-state index contributed by atoms with van der Waals surface area (Å²) in [5, 5.41) is 57.4. The van der Waals surface area contributed by atoms with Crippen molar-refractivity contribution in [2.24, 2.45) is 0 Å². The summed E-state index contributed by atoms with van der Waals surface area (Å²) >= 11 is -1.89. The zero-order valence-electron chi connectivity index (χ0n) is 11.5. The molecule has 0 aromatic carbocycles. The molecule has 0 amide bonds. The van der Waals surface area contributed by atoms with Gasteiger partial charge in [0.15, 0.2) is 0 Å². The zero-order chi connectivity index (χ0) is 17.1. The second kappa shape index (κ2) is 8.31. The molecule has 7 atom stereocenters. The van der Waals surface area contributed by atoms with Crippen LogP contribution in [0.5, 0.6) is 0 Å². The third-order valence-corrected chi connectivity index (χ3v) is 9.77. The quantitative estimate of drug-likeness (QED) is 0.156. The van der Waals surface area contributed by atoms with Crippen LogP contribution in [0, 0.1) is 0 Å². The molecule has 12 heteroatoms. The maximum absolute atomic E-state index is 10.6. The van der Waals surface area contributed by atoms with Crippen molar-refractivity contribution in [2.45, 2.75) is 46.0 Å². The van der Waals surface area contributed by atoms with Gasteiger partial charge < -0.3 is 0 Å².